The van der Waals surface area contributed by atoms with Crippen LogP contribution in [0, 0.1) is 0 Å². The molecule has 2 N–H and O–H groups in total. The number of benzene rings is 1. The third-order valence-corrected chi connectivity index (χ3v) is 3.53. The number of nitrogen functional groups attached to an aromatic ring is 1. The van der Waals surface area contributed by atoms with E-state index in [1.165, 1.54) is 0 Å². The summed E-state index contributed by atoms with van der Waals surface area (Å²) in [4.78, 5) is 23.6. The molecule has 92 valence electrons. The first kappa shape index (κ1) is 11.0. The lowest BCUT2D eigenvalue weighted by atomic mass is 10.00. The Bertz CT molecular complexity index is 687. The lowest BCUT2D eigenvalue weighted by Gasteiger charge is -2.11. The zero-order chi connectivity index (χ0) is 12.7. The van der Waals surface area contributed by atoms with Crippen LogP contribution >= 0.6 is 0 Å². The molecule has 1 heterocycles. The molecule has 1 aromatic heterocycles. The summed E-state index contributed by atoms with van der Waals surface area (Å²) < 4.78 is 5.27. The number of carbonyl (C=O) groups is 1. The van der Waals surface area contributed by atoms with E-state index < -0.39 is 5.63 Å². The Morgan fingerprint density at radius 1 is 1.17 bits per heavy atom. The maximum atomic E-state index is 11.9. The van der Waals surface area contributed by atoms with E-state index in [4.69, 9.17) is 10.2 Å². The molecule has 0 spiro atoms. The molecule has 0 radical (unpaired) electrons. The van der Waals surface area contributed by atoms with E-state index in [-0.39, 0.29) is 11.7 Å². The molecule has 1 fully saturated rings. The van der Waals surface area contributed by atoms with Crippen molar-refractivity contribution in [2.75, 3.05) is 5.73 Å². The second kappa shape index (κ2) is 3.98. The number of Topliss-reactive ketones (excluding diaryl/α,β-unsaturated/α-hetero) is 1. The van der Waals surface area contributed by atoms with Gasteiger partial charge in [-0.25, -0.2) is 4.79 Å². The van der Waals surface area contributed by atoms with Crippen LogP contribution in [0.2, 0.25) is 0 Å². The molecule has 0 bridgehead atoms. The van der Waals surface area contributed by atoms with E-state index in [1.807, 2.05) is 6.07 Å². The Morgan fingerprint density at radius 2 is 1.89 bits per heavy atom. The molecule has 4 nitrogen and oxygen atoms in total. The topological polar surface area (TPSA) is 73.3 Å². The highest BCUT2D eigenvalue weighted by Gasteiger charge is 2.30. The van der Waals surface area contributed by atoms with Crippen LogP contribution in [0.5, 0.6) is 0 Å². The normalized spacial score (nSPS) is 19.6. The first-order valence-corrected chi connectivity index (χ1v) is 6.02. The van der Waals surface area contributed by atoms with E-state index in [0.717, 1.165) is 6.42 Å². The minimum Gasteiger partial charge on any atom is -0.424 e. The van der Waals surface area contributed by atoms with Gasteiger partial charge in [-0.15, -0.1) is 0 Å². The highest BCUT2D eigenvalue weighted by Crippen LogP contribution is 2.36. The maximum Gasteiger partial charge on any atom is 0.343 e. The van der Waals surface area contributed by atoms with Crippen molar-refractivity contribution in [2.45, 2.75) is 25.2 Å². The third-order valence-electron chi connectivity index (χ3n) is 3.53. The van der Waals surface area contributed by atoms with Gasteiger partial charge in [0.1, 0.15) is 11.5 Å². The smallest absolute Gasteiger partial charge is 0.343 e. The molecule has 1 unspecified atom stereocenters. The Morgan fingerprint density at radius 3 is 2.56 bits per heavy atom. The maximum absolute atomic E-state index is 11.9. The number of hydrogen-bond donors (Lipinski definition) is 1. The average molecular weight is 243 g/mol. The summed E-state index contributed by atoms with van der Waals surface area (Å²) >= 11 is 0. The standard InChI is InChI=1S/C14H13NO3/c15-12-8-4-1-2-5-9(8)14(17)18-13(12)10-6-3-7-11(10)16/h1-2,4-5,10H,3,6-7,15H2. The molecule has 1 saturated carbocycles. The van der Waals surface area contributed by atoms with E-state index >= 15 is 0 Å². The summed E-state index contributed by atoms with van der Waals surface area (Å²) in [5.41, 5.74) is 6.05. The average Bonchev–Trinajstić information content (AvgIpc) is 2.80. The fourth-order valence-electron chi connectivity index (χ4n) is 2.59. The number of hydrogen-bond acceptors (Lipinski definition) is 4. The molecule has 2 aromatic rings. The summed E-state index contributed by atoms with van der Waals surface area (Å²) in [5.74, 6) is 0.114. The molecule has 0 saturated heterocycles. The second-order valence-electron chi connectivity index (χ2n) is 4.62. The van der Waals surface area contributed by atoms with Gasteiger partial charge in [0, 0.05) is 11.8 Å². The van der Waals surface area contributed by atoms with E-state index in [1.54, 1.807) is 18.2 Å². The summed E-state index contributed by atoms with van der Waals surface area (Å²) in [6.45, 7) is 0. The minimum absolute atomic E-state index is 0.111. The Kier molecular flexibility index (Phi) is 2.44. The fraction of sp³-hybridized carbons (Fsp3) is 0.286. The van der Waals surface area contributed by atoms with Gasteiger partial charge in [0.25, 0.3) is 0 Å². The predicted molar refractivity (Wildman–Crippen MR) is 68.5 cm³/mol. The molecule has 18 heavy (non-hydrogen) atoms. The van der Waals surface area contributed by atoms with Crippen LogP contribution in [0.3, 0.4) is 0 Å². The van der Waals surface area contributed by atoms with Crippen molar-refractivity contribution in [3.63, 3.8) is 0 Å². The minimum atomic E-state index is -0.422. The van der Waals surface area contributed by atoms with Crippen molar-refractivity contribution < 1.29 is 9.21 Å². The van der Waals surface area contributed by atoms with E-state index in [2.05, 4.69) is 0 Å². The zero-order valence-corrected chi connectivity index (χ0v) is 9.81. The Labute approximate surface area is 103 Å². The molecule has 1 aliphatic carbocycles. The lowest BCUT2D eigenvalue weighted by Crippen LogP contribution is -2.12. The van der Waals surface area contributed by atoms with Crippen LogP contribution in [-0.2, 0) is 4.79 Å². The van der Waals surface area contributed by atoms with Crippen molar-refractivity contribution in [3.05, 3.63) is 40.4 Å². The van der Waals surface area contributed by atoms with Crippen molar-refractivity contribution >= 4 is 22.2 Å². The second-order valence-corrected chi connectivity index (χ2v) is 4.62. The van der Waals surface area contributed by atoms with Crippen molar-refractivity contribution in [2.24, 2.45) is 0 Å². The van der Waals surface area contributed by atoms with Crippen molar-refractivity contribution in [1.82, 2.24) is 0 Å². The number of anilines is 1. The van der Waals surface area contributed by atoms with Gasteiger partial charge < -0.3 is 10.2 Å². The highest BCUT2D eigenvalue weighted by molar-refractivity contribution is 5.96. The Balaban J connectivity index is 2.28. The molecular weight excluding hydrogens is 230 g/mol. The monoisotopic (exact) mass is 243 g/mol. The largest absolute Gasteiger partial charge is 0.424 e. The summed E-state index contributed by atoms with van der Waals surface area (Å²) in [5, 5.41) is 1.13. The van der Waals surface area contributed by atoms with Crippen molar-refractivity contribution in [1.29, 1.82) is 0 Å². The van der Waals surface area contributed by atoms with Crippen LogP contribution in [0.15, 0.2) is 33.5 Å². The van der Waals surface area contributed by atoms with E-state index in [0.29, 0.717) is 35.1 Å². The van der Waals surface area contributed by atoms with Crippen LogP contribution in [0.1, 0.15) is 30.9 Å². The number of fused-ring (bicyclic) bond motifs is 1. The number of rotatable bonds is 1. The SMILES string of the molecule is Nc1c(C2CCCC2=O)oc(=O)c2ccccc12. The highest BCUT2D eigenvalue weighted by atomic mass is 16.4. The summed E-state index contributed by atoms with van der Waals surface area (Å²) in [6.07, 6.45) is 2.09. The first-order valence-electron chi connectivity index (χ1n) is 6.02. The number of nitrogens with two attached hydrogens (primary N) is 1. The summed E-state index contributed by atoms with van der Waals surface area (Å²) in [7, 11) is 0. The third kappa shape index (κ3) is 1.53. The molecule has 1 aliphatic rings. The molecule has 3 rings (SSSR count). The molecule has 0 amide bonds. The van der Waals surface area contributed by atoms with Gasteiger partial charge in [0.2, 0.25) is 0 Å². The first-order chi connectivity index (χ1) is 8.68. The number of carbonyl (C=O) groups excluding carboxylic acids is 1. The Hall–Kier alpha value is -2.10. The molecule has 1 atom stereocenters. The summed E-state index contributed by atoms with van der Waals surface area (Å²) in [6, 6.07) is 7.04. The fourth-order valence-corrected chi connectivity index (χ4v) is 2.59. The van der Waals surface area contributed by atoms with Gasteiger partial charge in [0.05, 0.1) is 17.0 Å². The molecular formula is C14H13NO3. The van der Waals surface area contributed by atoms with Gasteiger partial charge in [-0.05, 0) is 18.9 Å². The van der Waals surface area contributed by atoms with Gasteiger partial charge in [-0.3, -0.25) is 4.79 Å². The van der Waals surface area contributed by atoms with Gasteiger partial charge in [-0.2, -0.15) is 0 Å². The van der Waals surface area contributed by atoms with Crippen molar-refractivity contribution in [3.8, 4) is 0 Å². The van der Waals surface area contributed by atoms with Gasteiger partial charge in [0.15, 0.2) is 0 Å². The predicted octanol–water partition coefficient (Wildman–Crippen LogP) is 2.21. The van der Waals surface area contributed by atoms with Crippen LogP contribution in [0.25, 0.3) is 10.8 Å². The molecule has 4 heteroatoms. The van der Waals surface area contributed by atoms with Crippen LogP contribution < -0.4 is 11.4 Å². The van der Waals surface area contributed by atoms with Gasteiger partial charge >= 0.3 is 5.63 Å². The molecule has 1 aromatic carbocycles. The van der Waals surface area contributed by atoms with Gasteiger partial charge in [-0.1, -0.05) is 18.2 Å². The lowest BCUT2D eigenvalue weighted by molar-refractivity contribution is -0.118. The quantitative estimate of drug-likeness (QED) is 0.833. The number of ketones is 1. The zero-order valence-electron chi connectivity index (χ0n) is 9.81. The molecule has 0 aliphatic heterocycles. The van der Waals surface area contributed by atoms with E-state index in [9.17, 15) is 9.59 Å². The van der Waals surface area contributed by atoms with Crippen LogP contribution in [0.4, 0.5) is 5.69 Å². The van der Waals surface area contributed by atoms with Crippen LogP contribution in [-0.4, -0.2) is 5.78 Å².